The van der Waals surface area contributed by atoms with Gasteiger partial charge in [0.1, 0.15) is 5.82 Å². The number of rotatable bonds is 2. The molecular weight excluding hydrogens is 257 g/mol. The lowest BCUT2D eigenvalue weighted by atomic mass is 10.1. The molecule has 1 aromatic rings. The van der Waals surface area contributed by atoms with Crippen LogP contribution in [0.1, 0.15) is 6.92 Å². The molecule has 0 aromatic heterocycles. The van der Waals surface area contributed by atoms with Crippen molar-refractivity contribution in [1.82, 2.24) is 9.80 Å². The maximum absolute atomic E-state index is 12.9. The zero-order chi connectivity index (χ0) is 14.1. The SMILES string of the molecule is CC(=O)N1CC(N2CCN(c3ccc(F)cc3)CC2)C1. The van der Waals surface area contributed by atoms with Crippen LogP contribution in [-0.4, -0.2) is 61.0 Å². The van der Waals surface area contributed by atoms with E-state index in [0.29, 0.717) is 6.04 Å². The van der Waals surface area contributed by atoms with E-state index >= 15 is 0 Å². The van der Waals surface area contributed by atoms with Gasteiger partial charge in [-0.2, -0.15) is 0 Å². The summed E-state index contributed by atoms with van der Waals surface area (Å²) in [5, 5.41) is 0. The van der Waals surface area contributed by atoms with Gasteiger partial charge in [0.05, 0.1) is 0 Å². The summed E-state index contributed by atoms with van der Waals surface area (Å²) in [6.45, 7) is 7.30. The Labute approximate surface area is 118 Å². The van der Waals surface area contributed by atoms with Crippen molar-refractivity contribution in [3.05, 3.63) is 30.1 Å². The molecule has 0 atom stereocenters. The molecule has 0 bridgehead atoms. The molecule has 5 heteroatoms. The van der Waals surface area contributed by atoms with E-state index in [1.807, 2.05) is 17.0 Å². The summed E-state index contributed by atoms with van der Waals surface area (Å²) in [7, 11) is 0. The molecule has 3 rings (SSSR count). The van der Waals surface area contributed by atoms with Gasteiger partial charge in [-0.3, -0.25) is 9.69 Å². The highest BCUT2D eigenvalue weighted by atomic mass is 19.1. The van der Waals surface area contributed by atoms with Gasteiger partial charge in [-0.05, 0) is 24.3 Å². The second kappa shape index (κ2) is 5.40. The number of benzene rings is 1. The van der Waals surface area contributed by atoms with Gasteiger partial charge in [0.15, 0.2) is 0 Å². The number of piperazine rings is 1. The van der Waals surface area contributed by atoms with Gasteiger partial charge in [0, 0.05) is 57.9 Å². The van der Waals surface area contributed by atoms with Crippen LogP contribution >= 0.6 is 0 Å². The van der Waals surface area contributed by atoms with E-state index in [1.54, 1.807) is 6.92 Å². The van der Waals surface area contributed by atoms with E-state index in [9.17, 15) is 9.18 Å². The Bertz CT molecular complexity index is 476. The normalized spacial score (nSPS) is 20.9. The van der Waals surface area contributed by atoms with Crippen LogP contribution in [0.3, 0.4) is 0 Å². The molecule has 0 spiro atoms. The Morgan fingerprint density at radius 3 is 2.25 bits per heavy atom. The molecule has 0 aliphatic carbocycles. The minimum atomic E-state index is -0.189. The maximum Gasteiger partial charge on any atom is 0.219 e. The number of nitrogens with zero attached hydrogens (tertiary/aromatic N) is 3. The van der Waals surface area contributed by atoms with Gasteiger partial charge in [0.2, 0.25) is 5.91 Å². The zero-order valence-electron chi connectivity index (χ0n) is 11.8. The topological polar surface area (TPSA) is 26.8 Å². The van der Waals surface area contributed by atoms with E-state index in [0.717, 1.165) is 45.0 Å². The average Bonchev–Trinajstić information content (AvgIpc) is 2.38. The molecule has 0 N–H and O–H groups in total. The molecule has 2 saturated heterocycles. The molecule has 108 valence electrons. The molecule has 0 saturated carbocycles. The summed E-state index contributed by atoms with van der Waals surface area (Å²) in [6.07, 6.45) is 0. The van der Waals surface area contributed by atoms with Crippen LogP contribution in [0.5, 0.6) is 0 Å². The third kappa shape index (κ3) is 2.63. The van der Waals surface area contributed by atoms with Crippen LogP contribution in [0.2, 0.25) is 0 Å². The molecule has 1 amide bonds. The Kier molecular flexibility index (Phi) is 3.61. The molecule has 2 aliphatic rings. The fourth-order valence-corrected chi connectivity index (χ4v) is 2.94. The van der Waals surface area contributed by atoms with Crippen molar-refractivity contribution in [2.45, 2.75) is 13.0 Å². The number of hydrogen-bond donors (Lipinski definition) is 0. The van der Waals surface area contributed by atoms with Crippen LogP contribution in [0.15, 0.2) is 24.3 Å². The number of likely N-dealkylation sites (tertiary alicyclic amines) is 1. The molecule has 20 heavy (non-hydrogen) atoms. The number of hydrogen-bond acceptors (Lipinski definition) is 3. The lowest BCUT2D eigenvalue weighted by Gasteiger charge is -2.48. The highest BCUT2D eigenvalue weighted by Crippen LogP contribution is 2.20. The Morgan fingerprint density at radius 2 is 1.70 bits per heavy atom. The standard InChI is InChI=1S/C15H20FN3O/c1-12(20)19-10-15(11-19)18-8-6-17(7-9-18)14-4-2-13(16)3-5-14/h2-5,15H,6-11H2,1H3. The summed E-state index contributed by atoms with van der Waals surface area (Å²) < 4.78 is 12.9. The Balaban J connectivity index is 1.50. The van der Waals surface area contributed by atoms with E-state index in [2.05, 4.69) is 9.80 Å². The summed E-state index contributed by atoms with van der Waals surface area (Å²) >= 11 is 0. The second-order valence-corrected chi connectivity index (χ2v) is 5.58. The number of carbonyl (C=O) groups is 1. The third-order valence-corrected chi connectivity index (χ3v) is 4.33. The number of carbonyl (C=O) groups excluding carboxylic acids is 1. The van der Waals surface area contributed by atoms with Gasteiger partial charge in [-0.15, -0.1) is 0 Å². The molecule has 4 nitrogen and oxygen atoms in total. The van der Waals surface area contributed by atoms with Crippen molar-refractivity contribution in [3.63, 3.8) is 0 Å². The molecule has 2 heterocycles. The predicted molar refractivity (Wildman–Crippen MR) is 76.2 cm³/mol. The second-order valence-electron chi connectivity index (χ2n) is 5.58. The Hall–Kier alpha value is -1.62. The van der Waals surface area contributed by atoms with Gasteiger partial charge in [-0.25, -0.2) is 4.39 Å². The molecule has 2 fully saturated rings. The van der Waals surface area contributed by atoms with Crippen LogP contribution in [-0.2, 0) is 4.79 Å². The molecule has 1 aromatic carbocycles. The van der Waals surface area contributed by atoms with E-state index in [4.69, 9.17) is 0 Å². The summed E-state index contributed by atoms with van der Waals surface area (Å²) in [6, 6.07) is 7.23. The zero-order valence-corrected chi connectivity index (χ0v) is 11.8. The predicted octanol–water partition coefficient (Wildman–Crippen LogP) is 1.18. The largest absolute Gasteiger partial charge is 0.369 e. The number of amides is 1. The van der Waals surface area contributed by atoms with Crippen LogP contribution in [0, 0.1) is 5.82 Å². The van der Waals surface area contributed by atoms with E-state index in [-0.39, 0.29) is 11.7 Å². The first-order chi connectivity index (χ1) is 9.63. The molecule has 0 unspecified atom stereocenters. The smallest absolute Gasteiger partial charge is 0.219 e. The monoisotopic (exact) mass is 277 g/mol. The quantitative estimate of drug-likeness (QED) is 0.812. The minimum absolute atomic E-state index is 0.172. The molecule has 0 radical (unpaired) electrons. The van der Waals surface area contributed by atoms with Gasteiger partial charge in [0.25, 0.3) is 0 Å². The number of anilines is 1. The fourth-order valence-electron chi connectivity index (χ4n) is 2.94. The van der Waals surface area contributed by atoms with Gasteiger partial charge in [-0.1, -0.05) is 0 Å². The van der Waals surface area contributed by atoms with Crippen molar-refractivity contribution in [3.8, 4) is 0 Å². The lowest BCUT2D eigenvalue weighted by molar-refractivity contribution is -0.136. The molecule has 2 aliphatic heterocycles. The van der Waals surface area contributed by atoms with Crippen molar-refractivity contribution >= 4 is 11.6 Å². The van der Waals surface area contributed by atoms with E-state index < -0.39 is 0 Å². The summed E-state index contributed by atoms with van der Waals surface area (Å²) in [5.41, 5.74) is 1.09. The third-order valence-electron chi connectivity index (χ3n) is 4.33. The van der Waals surface area contributed by atoms with Crippen molar-refractivity contribution in [1.29, 1.82) is 0 Å². The maximum atomic E-state index is 12.9. The van der Waals surface area contributed by atoms with E-state index in [1.165, 1.54) is 12.1 Å². The van der Waals surface area contributed by atoms with Crippen LogP contribution in [0.25, 0.3) is 0 Å². The van der Waals surface area contributed by atoms with Gasteiger partial charge < -0.3 is 9.80 Å². The lowest BCUT2D eigenvalue weighted by Crippen LogP contribution is -2.63. The van der Waals surface area contributed by atoms with Crippen LogP contribution < -0.4 is 4.90 Å². The molecular formula is C15H20FN3O. The highest BCUT2D eigenvalue weighted by molar-refractivity contribution is 5.74. The van der Waals surface area contributed by atoms with Crippen molar-refractivity contribution in [2.75, 3.05) is 44.2 Å². The first-order valence-electron chi connectivity index (χ1n) is 7.13. The van der Waals surface area contributed by atoms with Crippen molar-refractivity contribution < 1.29 is 9.18 Å². The summed E-state index contributed by atoms with van der Waals surface area (Å²) in [4.78, 5) is 17.8. The van der Waals surface area contributed by atoms with Crippen molar-refractivity contribution in [2.24, 2.45) is 0 Å². The van der Waals surface area contributed by atoms with Crippen LogP contribution in [0.4, 0.5) is 10.1 Å². The first-order valence-corrected chi connectivity index (χ1v) is 7.13. The summed E-state index contributed by atoms with van der Waals surface area (Å²) in [5.74, 6) is -0.0163. The highest BCUT2D eigenvalue weighted by Gasteiger charge is 2.34. The first kappa shape index (κ1) is 13.4. The Morgan fingerprint density at radius 1 is 1.10 bits per heavy atom. The number of halogens is 1. The van der Waals surface area contributed by atoms with Gasteiger partial charge >= 0.3 is 0 Å². The average molecular weight is 277 g/mol. The fraction of sp³-hybridized carbons (Fsp3) is 0.533. The minimum Gasteiger partial charge on any atom is -0.369 e.